The van der Waals surface area contributed by atoms with Crippen molar-refractivity contribution in [1.29, 1.82) is 0 Å². The summed E-state index contributed by atoms with van der Waals surface area (Å²) in [5.74, 6) is -0.544. The predicted molar refractivity (Wildman–Crippen MR) is 133 cm³/mol. The molecule has 8 nitrogen and oxygen atoms in total. The number of pyridine rings is 2. The maximum Gasteiger partial charge on any atom is 0.408 e. The van der Waals surface area contributed by atoms with Crippen molar-refractivity contribution in [2.45, 2.75) is 39.5 Å². The number of carbonyl (C=O) groups is 1. The highest BCUT2D eigenvalue weighted by Gasteiger charge is 2.37. The Bertz CT molecular complexity index is 1710. The van der Waals surface area contributed by atoms with Crippen LogP contribution < -0.4 is 11.0 Å². The molecule has 0 bridgehead atoms. The van der Waals surface area contributed by atoms with Gasteiger partial charge in [-0.1, -0.05) is 18.2 Å². The smallest absolute Gasteiger partial charge is 0.343 e. The molecule has 4 aromatic heterocycles. The summed E-state index contributed by atoms with van der Waals surface area (Å²) in [4.78, 5) is 34.8. The first-order chi connectivity index (χ1) is 17.6. The molecule has 0 radical (unpaired) electrons. The van der Waals surface area contributed by atoms with Crippen molar-refractivity contribution in [3.63, 3.8) is 0 Å². The molecule has 0 aliphatic heterocycles. The molecule has 5 aromatic rings. The van der Waals surface area contributed by atoms with E-state index in [-0.39, 0.29) is 0 Å². The van der Waals surface area contributed by atoms with Crippen molar-refractivity contribution in [3.8, 4) is 16.9 Å². The maximum atomic E-state index is 13.6. The van der Waals surface area contributed by atoms with Gasteiger partial charge >= 0.3 is 11.9 Å². The standard InChI is InChI=1S/C26H23F3N6O2/c1-15-6-4-8-20-23(15)35(25(37)34(20)13-22(36)32-17(3)26(27,28)29)24-16(2)10-18(11-31-24)19-7-5-9-33-14-30-12-21(19)33/h4-12,14,17H,13H2,1-3H3,(H,32,36)/t17-/m0/s1. The van der Waals surface area contributed by atoms with Gasteiger partial charge in [-0.2, -0.15) is 13.2 Å². The number of carbonyl (C=O) groups excluding carboxylic acids is 1. The van der Waals surface area contributed by atoms with Crippen molar-refractivity contribution in [2.75, 3.05) is 0 Å². The third-order valence-electron chi connectivity index (χ3n) is 6.35. The number of fused-ring (bicyclic) bond motifs is 2. The van der Waals surface area contributed by atoms with Crippen LogP contribution in [-0.4, -0.2) is 41.6 Å². The zero-order valence-electron chi connectivity index (χ0n) is 20.2. The third kappa shape index (κ3) is 4.26. The minimum atomic E-state index is -4.59. The summed E-state index contributed by atoms with van der Waals surface area (Å²) in [7, 11) is 0. The molecule has 1 N–H and O–H groups in total. The number of halogens is 3. The number of nitrogens with zero attached hydrogens (tertiary/aromatic N) is 5. The number of para-hydroxylation sites is 1. The Morgan fingerprint density at radius 2 is 1.86 bits per heavy atom. The number of imidazole rings is 2. The molecule has 1 atom stereocenters. The van der Waals surface area contributed by atoms with E-state index < -0.39 is 30.4 Å². The summed E-state index contributed by atoms with van der Waals surface area (Å²) < 4.78 is 43.2. The van der Waals surface area contributed by atoms with Crippen LogP contribution in [0.3, 0.4) is 0 Å². The molecular weight excluding hydrogens is 485 g/mol. The molecule has 37 heavy (non-hydrogen) atoms. The molecule has 1 amide bonds. The van der Waals surface area contributed by atoms with Crippen LogP contribution in [-0.2, 0) is 11.3 Å². The van der Waals surface area contributed by atoms with Crippen molar-refractivity contribution < 1.29 is 18.0 Å². The molecule has 0 spiro atoms. The molecule has 0 saturated heterocycles. The number of benzene rings is 1. The second kappa shape index (κ2) is 8.91. The number of nitrogens with one attached hydrogen (secondary N) is 1. The molecule has 190 valence electrons. The molecule has 0 aliphatic carbocycles. The molecule has 0 saturated carbocycles. The van der Waals surface area contributed by atoms with E-state index in [2.05, 4.69) is 9.97 Å². The fraction of sp³-hybridized carbons (Fsp3) is 0.231. The fourth-order valence-electron chi connectivity index (χ4n) is 4.48. The van der Waals surface area contributed by atoms with Gasteiger partial charge in [-0.3, -0.25) is 9.36 Å². The fourth-order valence-corrected chi connectivity index (χ4v) is 4.48. The first kappa shape index (κ1) is 24.3. The monoisotopic (exact) mass is 508 g/mol. The van der Waals surface area contributed by atoms with Crippen LogP contribution in [0.2, 0.25) is 0 Å². The molecule has 0 fully saturated rings. The third-order valence-corrected chi connectivity index (χ3v) is 6.35. The summed E-state index contributed by atoms with van der Waals surface area (Å²) in [6.45, 7) is 3.94. The van der Waals surface area contributed by atoms with Crippen LogP contribution in [0.4, 0.5) is 13.2 Å². The zero-order chi connectivity index (χ0) is 26.5. The van der Waals surface area contributed by atoms with Gasteiger partial charge in [0.1, 0.15) is 18.4 Å². The number of alkyl halides is 3. The van der Waals surface area contributed by atoms with Gasteiger partial charge in [0.2, 0.25) is 5.91 Å². The van der Waals surface area contributed by atoms with E-state index in [4.69, 9.17) is 0 Å². The Morgan fingerprint density at radius 1 is 1.08 bits per heavy atom. The first-order valence-corrected chi connectivity index (χ1v) is 11.5. The lowest BCUT2D eigenvalue weighted by atomic mass is 10.1. The maximum absolute atomic E-state index is 13.6. The average Bonchev–Trinajstić information content (AvgIpc) is 3.42. The van der Waals surface area contributed by atoms with Crippen molar-refractivity contribution in [3.05, 3.63) is 82.9 Å². The van der Waals surface area contributed by atoms with Gasteiger partial charge in [-0.05, 0) is 50.1 Å². The average molecular weight is 509 g/mol. The summed E-state index contributed by atoms with van der Waals surface area (Å²) in [5.41, 5.74) is 4.51. The highest BCUT2D eigenvalue weighted by atomic mass is 19.4. The van der Waals surface area contributed by atoms with E-state index in [0.29, 0.717) is 22.4 Å². The van der Waals surface area contributed by atoms with Gasteiger partial charge in [0.25, 0.3) is 0 Å². The Labute approximate surface area is 209 Å². The normalized spacial score (nSPS) is 12.8. The number of aryl methyl sites for hydroxylation is 2. The van der Waals surface area contributed by atoms with Crippen molar-refractivity contribution in [2.24, 2.45) is 0 Å². The van der Waals surface area contributed by atoms with Gasteiger partial charge in [0, 0.05) is 23.5 Å². The predicted octanol–water partition coefficient (Wildman–Crippen LogP) is 4.19. The summed E-state index contributed by atoms with van der Waals surface area (Å²) in [6, 6.07) is 8.93. The van der Waals surface area contributed by atoms with Crippen LogP contribution in [0.1, 0.15) is 18.1 Å². The highest BCUT2D eigenvalue weighted by Crippen LogP contribution is 2.28. The second-order valence-electron chi connectivity index (χ2n) is 8.95. The lowest BCUT2D eigenvalue weighted by molar-refractivity contribution is -0.158. The SMILES string of the molecule is Cc1cc(-c2cccn3cncc23)cnc1-n1c(=O)n(CC(=O)N[C@@H](C)C(F)(F)F)c2cccc(C)c21. The molecule has 11 heteroatoms. The topological polar surface area (TPSA) is 86.2 Å². The minimum absolute atomic E-state index is 0.372. The first-order valence-electron chi connectivity index (χ1n) is 11.5. The second-order valence-corrected chi connectivity index (χ2v) is 8.95. The van der Waals surface area contributed by atoms with Crippen LogP contribution >= 0.6 is 0 Å². The molecule has 0 unspecified atom stereocenters. The zero-order valence-corrected chi connectivity index (χ0v) is 20.2. The van der Waals surface area contributed by atoms with E-state index >= 15 is 0 Å². The number of hydrogen-bond donors (Lipinski definition) is 1. The van der Waals surface area contributed by atoms with Gasteiger partial charge in [0.15, 0.2) is 0 Å². The Balaban J connectivity index is 1.60. The molecule has 0 aliphatic rings. The van der Waals surface area contributed by atoms with Crippen molar-refractivity contribution in [1.82, 2.24) is 28.8 Å². The van der Waals surface area contributed by atoms with E-state index in [9.17, 15) is 22.8 Å². The lowest BCUT2D eigenvalue weighted by Crippen LogP contribution is -2.45. The van der Waals surface area contributed by atoms with Crippen LogP contribution in [0.5, 0.6) is 0 Å². The number of rotatable bonds is 5. The Hall–Kier alpha value is -4.41. The van der Waals surface area contributed by atoms with Crippen LogP contribution in [0, 0.1) is 13.8 Å². The van der Waals surface area contributed by atoms with Crippen LogP contribution in [0.25, 0.3) is 33.5 Å². The highest BCUT2D eigenvalue weighted by molar-refractivity contribution is 5.85. The number of amides is 1. The largest absolute Gasteiger partial charge is 0.408 e. The summed E-state index contributed by atoms with van der Waals surface area (Å²) in [6.07, 6.45) is 2.43. The molecule has 5 rings (SSSR count). The van der Waals surface area contributed by atoms with E-state index in [1.807, 2.05) is 54.0 Å². The lowest BCUT2D eigenvalue weighted by Gasteiger charge is -2.17. The van der Waals surface area contributed by atoms with Gasteiger partial charge in [-0.25, -0.2) is 19.3 Å². The Kier molecular flexibility index (Phi) is 5.85. The molecule has 1 aromatic carbocycles. The van der Waals surface area contributed by atoms with Crippen LogP contribution in [0.15, 0.2) is 66.1 Å². The number of hydrogen-bond acceptors (Lipinski definition) is 4. The summed E-state index contributed by atoms with van der Waals surface area (Å²) >= 11 is 0. The minimum Gasteiger partial charge on any atom is -0.343 e. The van der Waals surface area contributed by atoms with E-state index in [1.165, 1.54) is 9.13 Å². The Morgan fingerprint density at radius 3 is 2.59 bits per heavy atom. The van der Waals surface area contributed by atoms with Gasteiger partial charge in [0.05, 0.1) is 29.1 Å². The summed E-state index contributed by atoms with van der Waals surface area (Å²) in [5, 5.41) is 1.92. The van der Waals surface area contributed by atoms with Gasteiger partial charge in [-0.15, -0.1) is 0 Å². The van der Waals surface area contributed by atoms with Crippen molar-refractivity contribution >= 4 is 22.5 Å². The molecule has 4 heterocycles. The molecular formula is C26H23F3N6O2. The van der Waals surface area contributed by atoms with Gasteiger partial charge < -0.3 is 9.72 Å². The van der Waals surface area contributed by atoms with E-state index in [1.54, 1.807) is 30.9 Å². The quantitative estimate of drug-likeness (QED) is 0.386. The van der Waals surface area contributed by atoms with E-state index in [0.717, 1.165) is 29.1 Å². The number of aromatic nitrogens is 5.